The number of aliphatic hydroxyl groups is 1. The molecule has 0 heterocycles. The largest absolute Gasteiger partial charge is 0.481 e. The number of rotatable bonds is 8. The van der Waals surface area contributed by atoms with Crippen LogP contribution in [-0.4, -0.2) is 99.3 Å². The predicted molar refractivity (Wildman–Crippen MR) is 97.7 cm³/mol. The molecule has 35 heavy (non-hydrogen) atoms. The summed E-state index contributed by atoms with van der Waals surface area (Å²) in [6.07, 6.45) is 0. The van der Waals surface area contributed by atoms with E-state index in [4.69, 9.17) is 0 Å². The first kappa shape index (κ1) is 27.0. The van der Waals surface area contributed by atoms with Crippen molar-refractivity contribution in [2.24, 2.45) is 32.5 Å². The molecule has 0 spiro atoms. The summed E-state index contributed by atoms with van der Waals surface area (Å²) in [7, 11) is 0. The van der Waals surface area contributed by atoms with Gasteiger partial charge < -0.3 is 46.0 Å². The molecule has 192 valence electrons. The summed E-state index contributed by atoms with van der Waals surface area (Å²) < 4.78 is 0. The Kier molecular flexibility index (Phi) is 4.96. The van der Waals surface area contributed by atoms with Crippen LogP contribution in [0.4, 0.5) is 0 Å². The van der Waals surface area contributed by atoms with Gasteiger partial charge in [-0.05, 0) is 5.41 Å². The third kappa shape index (κ3) is 1.71. The summed E-state index contributed by atoms with van der Waals surface area (Å²) in [4.78, 5) is 101. The fraction of sp³-hybridized carbons (Fsp3) is 0.556. The third-order valence-electron chi connectivity index (χ3n) is 8.45. The normalized spacial score (nSPS) is 32.8. The van der Waals surface area contributed by atoms with Crippen molar-refractivity contribution in [1.29, 1.82) is 0 Å². The lowest BCUT2D eigenvalue weighted by atomic mass is 9.36. The lowest BCUT2D eigenvalue weighted by Gasteiger charge is -2.58. The number of carboxylic acid groups (broad SMARTS) is 8. The van der Waals surface area contributed by atoms with E-state index < -0.39 is 85.8 Å². The Morgan fingerprint density at radius 1 is 0.429 bits per heavy atom. The molecule has 0 radical (unpaired) electrons. The minimum atomic E-state index is -4.93. The lowest BCUT2D eigenvalue weighted by molar-refractivity contribution is -0.273. The van der Waals surface area contributed by atoms with Crippen LogP contribution in [0.2, 0.25) is 0 Å². The van der Waals surface area contributed by atoms with E-state index in [1.54, 1.807) is 0 Å². The van der Waals surface area contributed by atoms with Crippen LogP contribution in [-0.2, 0) is 38.4 Å². The van der Waals surface area contributed by atoms with E-state index in [0.717, 1.165) is 0 Å². The van der Waals surface area contributed by atoms with Gasteiger partial charge in [0, 0.05) is 5.41 Å². The molecular formula is C18H18O17. The number of carbonyl (C=O) groups is 8. The monoisotopic (exact) mass is 506 g/mol. The van der Waals surface area contributed by atoms with E-state index in [0.29, 0.717) is 13.8 Å². The van der Waals surface area contributed by atoms with Crippen molar-refractivity contribution in [3.05, 3.63) is 0 Å². The van der Waals surface area contributed by atoms with Crippen molar-refractivity contribution in [3.8, 4) is 0 Å². The van der Waals surface area contributed by atoms with Crippen LogP contribution in [0.25, 0.3) is 0 Å². The molecule has 2 bridgehead atoms. The van der Waals surface area contributed by atoms with Crippen LogP contribution in [0.15, 0.2) is 0 Å². The first-order valence-corrected chi connectivity index (χ1v) is 9.15. The molecule has 2 saturated carbocycles. The highest BCUT2D eigenvalue weighted by Gasteiger charge is 3.13. The quantitative estimate of drug-likeness (QED) is 0.152. The summed E-state index contributed by atoms with van der Waals surface area (Å²) in [6, 6.07) is 0. The summed E-state index contributed by atoms with van der Waals surface area (Å²) in [5.74, 6) is -24.3. The second kappa shape index (κ2) is 6.44. The van der Waals surface area contributed by atoms with Gasteiger partial charge in [0.2, 0.25) is 16.2 Å². The maximum Gasteiger partial charge on any atom is 0.338 e. The van der Waals surface area contributed by atoms with Crippen molar-refractivity contribution in [2.45, 2.75) is 26.4 Å². The SMILES string of the molecule is CC1(C)C2(C)C(O)(C(=O)O)C(C(=O)O)(C(=O)O)C1(C(=O)O)C(C(=O)O)(C(=O)O)C2(C(=O)O)C(=O)O. The molecule has 17 nitrogen and oxygen atoms in total. The Labute approximate surface area is 191 Å². The molecular weight excluding hydrogens is 488 g/mol. The Morgan fingerprint density at radius 2 is 0.714 bits per heavy atom. The van der Waals surface area contributed by atoms with Crippen molar-refractivity contribution in [1.82, 2.24) is 0 Å². The first-order valence-electron chi connectivity index (χ1n) is 9.15. The standard InChI is InChI=1S/C18H18O17/c1-12(2)13(3)14(4(19)20,5(21)22)15(6(23)24,7(25)26)17(12,10(31)32)16(8(27)28,9(29)30)18(13,35)11(33)34/h35H,1-3H3,(H,19,20)(H,21,22)(H,23,24)(H,25,26)(H,27,28)(H,29,30)(H,31,32)(H,33,34). The van der Waals surface area contributed by atoms with Crippen LogP contribution in [0, 0.1) is 32.5 Å². The summed E-state index contributed by atoms with van der Waals surface area (Å²) in [5.41, 5.74) is -31.2. The molecule has 2 aliphatic rings. The number of hydrogen-bond acceptors (Lipinski definition) is 9. The Bertz CT molecular complexity index is 1090. The van der Waals surface area contributed by atoms with Crippen molar-refractivity contribution in [3.63, 3.8) is 0 Å². The van der Waals surface area contributed by atoms with E-state index in [1.165, 1.54) is 0 Å². The molecule has 2 aliphatic carbocycles. The molecule has 2 rings (SSSR count). The van der Waals surface area contributed by atoms with Crippen LogP contribution in [0.5, 0.6) is 0 Å². The van der Waals surface area contributed by atoms with Gasteiger partial charge in [-0.2, -0.15) is 0 Å². The zero-order valence-corrected chi connectivity index (χ0v) is 17.8. The maximum absolute atomic E-state index is 12.9. The van der Waals surface area contributed by atoms with Gasteiger partial charge in [0.15, 0.2) is 5.60 Å². The second-order valence-corrected chi connectivity index (χ2v) is 8.90. The van der Waals surface area contributed by atoms with Gasteiger partial charge in [-0.15, -0.1) is 0 Å². The van der Waals surface area contributed by atoms with Crippen molar-refractivity contribution >= 4 is 47.8 Å². The summed E-state index contributed by atoms with van der Waals surface area (Å²) in [6.45, 7) is 0.899. The van der Waals surface area contributed by atoms with Crippen LogP contribution in [0.3, 0.4) is 0 Å². The predicted octanol–water partition coefficient (Wildman–Crippen LogP) is -2.60. The smallest absolute Gasteiger partial charge is 0.338 e. The molecule has 0 aliphatic heterocycles. The highest BCUT2D eigenvalue weighted by Crippen LogP contribution is 2.92. The summed E-state index contributed by atoms with van der Waals surface area (Å²) in [5, 5.41) is 91.8. The van der Waals surface area contributed by atoms with Gasteiger partial charge in [0.05, 0.1) is 0 Å². The summed E-state index contributed by atoms with van der Waals surface area (Å²) >= 11 is 0. The van der Waals surface area contributed by atoms with Crippen molar-refractivity contribution in [2.75, 3.05) is 0 Å². The molecule has 2 fully saturated rings. The number of aliphatic carboxylic acids is 8. The topological polar surface area (TPSA) is 319 Å². The highest BCUT2D eigenvalue weighted by molar-refractivity contribution is 6.25. The second-order valence-electron chi connectivity index (χ2n) is 8.90. The number of fused-ring (bicyclic) bond motifs is 2. The Balaban J connectivity index is 3.83. The molecule has 9 N–H and O–H groups in total. The molecule has 3 unspecified atom stereocenters. The van der Waals surface area contributed by atoms with Crippen molar-refractivity contribution < 1.29 is 84.3 Å². The van der Waals surface area contributed by atoms with Gasteiger partial charge in [-0.3, -0.25) is 33.6 Å². The van der Waals surface area contributed by atoms with Gasteiger partial charge in [-0.1, -0.05) is 20.8 Å². The zero-order chi connectivity index (χ0) is 28.1. The number of hydrogen-bond donors (Lipinski definition) is 9. The Morgan fingerprint density at radius 3 is 0.914 bits per heavy atom. The van der Waals surface area contributed by atoms with E-state index >= 15 is 0 Å². The van der Waals surface area contributed by atoms with Crippen LogP contribution in [0.1, 0.15) is 20.8 Å². The average molecular weight is 506 g/mol. The van der Waals surface area contributed by atoms with E-state index in [2.05, 4.69) is 0 Å². The van der Waals surface area contributed by atoms with E-state index in [1.807, 2.05) is 0 Å². The molecule has 0 saturated heterocycles. The number of carboxylic acids is 8. The molecule has 0 aromatic carbocycles. The molecule has 3 atom stereocenters. The Hall–Kier alpha value is -4.28. The molecule has 0 aromatic heterocycles. The van der Waals surface area contributed by atoms with Gasteiger partial charge >= 0.3 is 47.8 Å². The maximum atomic E-state index is 12.9. The lowest BCUT2D eigenvalue weighted by Crippen LogP contribution is -2.85. The van der Waals surface area contributed by atoms with E-state index in [9.17, 15) is 84.3 Å². The fourth-order valence-corrected chi connectivity index (χ4v) is 7.35. The average Bonchev–Trinajstić information content (AvgIpc) is 2.87. The minimum absolute atomic E-state index is 0.127. The molecule has 17 heteroatoms. The fourth-order valence-electron chi connectivity index (χ4n) is 7.35. The molecule has 0 aromatic rings. The van der Waals surface area contributed by atoms with Crippen LogP contribution < -0.4 is 0 Å². The minimum Gasteiger partial charge on any atom is -0.481 e. The van der Waals surface area contributed by atoms with Gasteiger partial charge in [0.25, 0.3) is 0 Å². The van der Waals surface area contributed by atoms with Gasteiger partial charge in [0.1, 0.15) is 5.41 Å². The van der Waals surface area contributed by atoms with Gasteiger partial charge in [-0.25, -0.2) is 4.79 Å². The third-order valence-corrected chi connectivity index (χ3v) is 8.45. The first-order chi connectivity index (χ1) is 15.5. The molecule has 0 amide bonds. The highest BCUT2D eigenvalue weighted by atomic mass is 16.4. The van der Waals surface area contributed by atoms with E-state index in [-0.39, 0.29) is 6.92 Å². The zero-order valence-electron chi connectivity index (χ0n) is 17.8. The van der Waals surface area contributed by atoms with Crippen LogP contribution >= 0.6 is 0 Å².